The summed E-state index contributed by atoms with van der Waals surface area (Å²) in [5, 5.41) is 8.88. The summed E-state index contributed by atoms with van der Waals surface area (Å²) in [5.74, 6) is -0.0814. The number of aryl methyl sites for hydroxylation is 1. The van der Waals surface area contributed by atoms with Gasteiger partial charge in [-0.1, -0.05) is 18.6 Å². The fourth-order valence-electron chi connectivity index (χ4n) is 2.67. The minimum atomic E-state index is -0.926. The number of hydrogen-bond acceptors (Lipinski definition) is 3. The van der Waals surface area contributed by atoms with Crippen LogP contribution in [0.3, 0.4) is 0 Å². The van der Waals surface area contributed by atoms with E-state index in [4.69, 9.17) is 9.84 Å². The first-order chi connectivity index (χ1) is 11.1. The monoisotopic (exact) mass is 319 g/mol. The van der Waals surface area contributed by atoms with Crippen molar-refractivity contribution < 1.29 is 19.4 Å². The van der Waals surface area contributed by atoms with Gasteiger partial charge in [0.15, 0.2) is 0 Å². The lowest BCUT2D eigenvalue weighted by Gasteiger charge is -2.20. The molecule has 0 saturated heterocycles. The third-order valence-electron chi connectivity index (χ3n) is 4.13. The quantitative estimate of drug-likeness (QED) is 0.673. The largest absolute Gasteiger partial charge is 0.497 e. The van der Waals surface area contributed by atoms with Gasteiger partial charge in [0.2, 0.25) is 5.91 Å². The maximum atomic E-state index is 12.1. The predicted molar refractivity (Wildman–Crippen MR) is 87.5 cm³/mol. The predicted octanol–water partition coefficient (Wildman–Crippen LogP) is 2.87. The van der Waals surface area contributed by atoms with Crippen molar-refractivity contribution in [2.75, 3.05) is 13.7 Å². The van der Waals surface area contributed by atoms with Crippen LogP contribution in [0.4, 0.5) is 0 Å². The SMILES string of the molecule is COc1ccc(CCCCCC(=O)N(CC(=O)O)C2CC2)cc1. The molecule has 0 aromatic heterocycles. The molecule has 1 aromatic carbocycles. The molecule has 0 bridgehead atoms. The van der Waals surface area contributed by atoms with E-state index in [0.717, 1.165) is 44.3 Å². The molecule has 1 fully saturated rings. The molecular formula is C18H25NO4. The lowest BCUT2D eigenvalue weighted by atomic mass is 10.1. The van der Waals surface area contributed by atoms with Crippen LogP contribution >= 0.6 is 0 Å². The molecule has 0 spiro atoms. The number of rotatable bonds is 10. The Kier molecular flexibility index (Phi) is 6.44. The summed E-state index contributed by atoms with van der Waals surface area (Å²) in [7, 11) is 1.65. The molecular weight excluding hydrogens is 294 g/mol. The van der Waals surface area contributed by atoms with E-state index in [1.54, 1.807) is 7.11 Å². The van der Waals surface area contributed by atoms with Gasteiger partial charge in [-0.2, -0.15) is 0 Å². The van der Waals surface area contributed by atoms with Crippen LogP contribution in [0, 0.1) is 0 Å². The third-order valence-corrected chi connectivity index (χ3v) is 4.13. The van der Waals surface area contributed by atoms with Gasteiger partial charge < -0.3 is 14.7 Å². The Morgan fingerprint density at radius 2 is 1.87 bits per heavy atom. The van der Waals surface area contributed by atoms with Crippen molar-refractivity contribution in [1.29, 1.82) is 0 Å². The molecule has 5 heteroatoms. The number of carboxylic acids is 1. The first kappa shape index (κ1) is 17.3. The third kappa shape index (κ3) is 5.93. The Labute approximate surface area is 137 Å². The van der Waals surface area contributed by atoms with E-state index < -0.39 is 5.97 Å². The van der Waals surface area contributed by atoms with Crippen LogP contribution in [-0.4, -0.2) is 41.6 Å². The first-order valence-corrected chi connectivity index (χ1v) is 8.24. The highest BCUT2D eigenvalue weighted by Crippen LogP contribution is 2.27. The minimum absolute atomic E-state index is 0.0145. The molecule has 0 atom stereocenters. The number of unbranched alkanes of at least 4 members (excludes halogenated alkanes) is 2. The zero-order valence-corrected chi connectivity index (χ0v) is 13.7. The van der Waals surface area contributed by atoms with Crippen molar-refractivity contribution in [2.45, 2.75) is 51.0 Å². The fourth-order valence-corrected chi connectivity index (χ4v) is 2.67. The molecule has 126 valence electrons. The molecule has 1 amide bonds. The molecule has 2 rings (SSSR count). The van der Waals surface area contributed by atoms with E-state index in [2.05, 4.69) is 12.1 Å². The van der Waals surface area contributed by atoms with E-state index >= 15 is 0 Å². The summed E-state index contributed by atoms with van der Waals surface area (Å²) >= 11 is 0. The van der Waals surface area contributed by atoms with Crippen molar-refractivity contribution in [3.8, 4) is 5.75 Å². The summed E-state index contributed by atoms with van der Waals surface area (Å²) in [6.07, 6.45) is 6.14. The van der Waals surface area contributed by atoms with Crippen molar-refractivity contribution in [2.24, 2.45) is 0 Å². The molecule has 0 heterocycles. The summed E-state index contributed by atoms with van der Waals surface area (Å²) < 4.78 is 5.13. The van der Waals surface area contributed by atoms with Gasteiger partial charge in [0.05, 0.1) is 7.11 Å². The highest BCUT2D eigenvalue weighted by Gasteiger charge is 2.33. The van der Waals surface area contributed by atoms with Crippen LogP contribution in [0.5, 0.6) is 5.75 Å². The van der Waals surface area contributed by atoms with E-state index in [9.17, 15) is 9.59 Å². The average molecular weight is 319 g/mol. The number of aliphatic carboxylic acids is 1. The Hall–Kier alpha value is -2.04. The van der Waals surface area contributed by atoms with E-state index in [1.807, 2.05) is 12.1 Å². The zero-order valence-electron chi connectivity index (χ0n) is 13.7. The molecule has 1 aliphatic rings. The van der Waals surface area contributed by atoms with E-state index in [-0.39, 0.29) is 18.5 Å². The minimum Gasteiger partial charge on any atom is -0.497 e. The molecule has 0 radical (unpaired) electrons. The Morgan fingerprint density at radius 3 is 2.43 bits per heavy atom. The molecule has 1 N–H and O–H groups in total. The molecule has 0 unspecified atom stereocenters. The molecule has 1 aromatic rings. The maximum Gasteiger partial charge on any atom is 0.323 e. The van der Waals surface area contributed by atoms with Crippen molar-refractivity contribution in [3.05, 3.63) is 29.8 Å². The Morgan fingerprint density at radius 1 is 1.17 bits per heavy atom. The zero-order chi connectivity index (χ0) is 16.7. The number of ether oxygens (including phenoxy) is 1. The summed E-state index contributed by atoms with van der Waals surface area (Å²) in [4.78, 5) is 24.5. The van der Waals surface area contributed by atoms with Crippen LogP contribution in [0.1, 0.15) is 44.1 Å². The highest BCUT2D eigenvalue weighted by molar-refractivity contribution is 5.81. The lowest BCUT2D eigenvalue weighted by molar-refractivity contribution is -0.145. The number of carboxylic acid groups (broad SMARTS) is 1. The van der Waals surface area contributed by atoms with Crippen LogP contribution in [-0.2, 0) is 16.0 Å². The average Bonchev–Trinajstić information content (AvgIpc) is 3.37. The molecule has 0 aliphatic heterocycles. The summed E-state index contributed by atoms with van der Waals surface area (Å²) in [6, 6.07) is 8.20. The van der Waals surface area contributed by atoms with Gasteiger partial charge in [0, 0.05) is 12.5 Å². The van der Waals surface area contributed by atoms with Gasteiger partial charge >= 0.3 is 5.97 Å². The highest BCUT2D eigenvalue weighted by atomic mass is 16.5. The number of nitrogens with zero attached hydrogens (tertiary/aromatic N) is 1. The number of hydrogen-bond donors (Lipinski definition) is 1. The Balaban J connectivity index is 1.63. The molecule has 1 aliphatic carbocycles. The topological polar surface area (TPSA) is 66.8 Å². The number of carbonyl (C=O) groups excluding carboxylic acids is 1. The fraction of sp³-hybridized carbons (Fsp3) is 0.556. The number of amides is 1. The van der Waals surface area contributed by atoms with Crippen LogP contribution in [0.15, 0.2) is 24.3 Å². The van der Waals surface area contributed by atoms with Gasteiger partial charge in [0.1, 0.15) is 12.3 Å². The summed E-state index contributed by atoms with van der Waals surface area (Å²) in [6.45, 7) is -0.157. The second-order valence-corrected chi connectivity index (χ2v) is 6.06. The number of carbonyl (C=O) groups is 2. The maximum absolute atomic E-state index is 12.1. The van der Waals surface area contributed by atoms with Gasteiger partial charge in [-0.05, 0) is 49.8 Å². The standard InChI is InChI=1S/C18H25NO4/c1-23-16-11-7-14(8-12-16)5-3-2-4-6-17(20)19(13-18(21)22)15-9-10-15/h7-8,11-12,15H,2-6,9-10,13H2,1H3,(H,21,22). The number of benzene rings is 1. The first-order valence-electron chi connectivity index (χ1n) is 8.24. The molecule has 23 heavy (non-hydrogen) atoms. The van der Waals surface area contributed by atoms with Gasteiger partial charge in [-0.3, -0.25) is 9.59 Å². The van der Waals surface area contributed by atoms with Crippen molar-refractivity contribution in [3.63, 3.8) is 0 Å². The lowest BCUT2D eigenvalue weighted by Crippen LogP contribution is -2.37. The van der Waals surface area contributed by atoms with Crippen LogP contribution < -0.4 is 4.74 Å². The van der Waals surface area contributed by atoms with E-state index in [0.29, 0.717) is 6.42 Å². The van der Waals surface area contributed by atoms with Crippen molar-refractivity contribution in [1.82, 2.24) is 4.90 Å². The Bertz CT molecular complexity index is 522. The van der Waals surface area contributed by atoms with E-state index in [1.165, 1.54) is 10.5 Å². The molecule has 1 saturated carbocycles. The second-order valence-electron chi connectivity index (χ2n) is 6.06. The second kappa shape index (κ2) is 8.56. The van der Waals surface area contributed by atoms with Gasteiger partial charge in [-0.15, -0.1) is 0 Å². The van der Waals surface area contributed by atoms with Crippen molar-refractivity contribution >= 4 is 11.9 Å². The van der Waals surface area contributed by atoms with Gasteiger partial charge in [0.25, 0.3) is 0 Å². The normalized spacial score (nSPS) is 13.6. The smallest absolute Gasteiger partial charge is 0.323 e. The summed E-state index contributed by atoms with van der Waals surface area (Å²) in [5.41, 5.74) is 1.27. The molecule has 5 nitrogen and oxygen atoms in total. The number of methoxy groups -OCH3 is 1. The van der Waals surface area contributed by atoms with Crippen LogP contribution in [0.2, 0.25) is 0 Å². The van der Waals surface area contributed by atoms with Gasteiger partial charge in [-0.25, -0.2) is 0 Å². The van der Waals surface area contributed by atoms with Crippen LogP contribution in [0.25, 0.3) is 0 Å².